The fraction of sp³-hybridized carbons (Fsp3) is 0.600. The van der Waals surface area contributed by atoms with E-state index in [4.69, 9.17) is 0 Å². The number of aromatic amines is 1. The molecule has 0 fully saturated rings. The summed E-state index contributed by atoms with van der Waals surface area (Å²) in [5.74, 6) is 1.94. The van der Waals surface area contributed by atoms with Crippen LogP contribution in [-0.2, 0) is 0 Å². The number of unbranched alkanes of at least 4 members (excludes halogenated alkanes) is 2. The summed E-state index contributed by atoms with van der Waals surface area (Å²) in [6, 6.07) is 8.83. The van der Waals surface area contributed by atoms with Gasteiger partial charge < -0.3 is 9.88 Å². The number of fused-ring (bicyclic) bond motifs is 3. The van der Waals surface area contributed by atoms with Gasteiger partial charge in [0.05, 0.1) is 5.03 Å². The molecule has 0 saturated carbocycles. The third kappa shape index (κ3) is 3.95. The first-order chi connectivity index (χ1) is 11.3. The summed E-state index contributed by atoms with van der Waals surface area (Å²) in [5.41, 5.74) is 2.90. The van der Waals surface area contributed by atoms with Gasteiger partial charge in [-0.25, -0.2) is 0 Å². The highest BCUT2D eigenvalue weighted by atomic mass is 32.2. The highest BCUT2D eigenvalue weighted by molar-refractivity contribution is 7.99. The van der Waals surface area contributed by atoms with Crippen molar-refractivity contribution in [2.45, 2.75) is 56.9 Å². The molecule has 1 unspecified atom stereocenters. The van der Waals surface area contributed by atoms with Crippen LogP contribution in [0.3, 0.4) is 0 Å². The number of thioether (sulfide) groups is 1. The van der Waals surface area contributed by atoms with Crippen molar-refractivity contribution in [1.82, 2.24) is 9.88 Å². The van der Waals surface area contributed by atoms with Gasteiger partial charge in [0.15, 0.2) is 0 Å². The van der Waals surface area contributed by atoms with Crippen molar-refractivity contribution in [3.05, 3.63) is 29.8 Å². The standard InChI is InChI=1S/C20H30N2S/c1-3-5-12-22(13-6-4-2)15-16-11-14-23-20-19(16)17-9-7-8-10-18(17)21-20/h7-10,16,21H,3-6,11-15H2,1-2H3. The van der Waals surface area contributed by atoms with Crippen LogP contribution >= 0.6 is 11.8 Å². The van der Waals surface area contributed by atoms with E-state index in [0.29, 0.717) is 5.92 Å². The molecule has 2 nitrogen and oxygen atoms in total. The van der Waals surface area contributed by atoms with Crippen molar-refractivity contribution in [3.8, 4) is 0 Å². The molecule has 0 spiro atoms. The largest absolute Gasteiger partial charge is 0.349 e. The number of aromatic nitrogens is 1. The summed E-state index contributed by atoms with van der Waals surface area (Å²) in [5, 5.41) is 2.87. The van der Waals surface area contributed by atoms with Crippen molar-refractivity contribution in [2.75, 3.05) is 25.4 Å². The van der Waals surface area contributed by atoms with E-state index in [-0.39, 0.29) is 0 Å². The molecule has 1 atom stereocenters. The van der Waals surface area contributed by atoms with E-state index in [1.807, 2.05) is 11.8 Å². The summed E-state index contributed by atoms with van der Waals surface area (Å²) >= 11 is 2.01. The summed E-state index contributed by atoms with van der Waals surface area (Å²) in [6.45, 7) is 8.35. The van der Waals surface area contributed by atoms with Crippen LogP contribution in [0.4, 0.5) is 0 Å². The Morgan fingerprint density at radius 1 is 1.13 bits per heavy atom. The Morgan fingerprint density at radius 3 is 2.61 bits per heavy atom. The number of para-hydroxylation sites is 1. The molecule has 0 radical (unpaired) electrons. The third-order valence-electron chi connectivity index (χ3n) is 4.97. The molecular weight excluding hydrogens is 300 g/mol. The topological polar surface area (TPSA) is 19.0 Å². The zero-order valence-electron chi connectivity index (χ0n) is 14.6. The van der Waals surface area contributed by atoms with Gasteiger partial charge >= 0.3 is 0 Å². The fourth-order valence-electron chi connectivity index (χ4n) is 3.66. The van der Waals surface area contributed by atoms with Gasteiger partial charge in [-0.3, -0.25) is 0 Å². The molecule has 0 saturated heterocycles. The van der Waals surface area contributed by atoms with Crippen molar-refractivity contribution >= 4 is 22.7 Å². The summed E-state index contributed by atoms with van der Waals surface area (Å²) in [7, 11) is 0. The molecular formula is C20H30N2S. The molecule has 1 N–H and O–H groups in total. The summed E-state index contributed by atoms with van der Waals surface area (Å²) in [4.78, 5) is 6.37. The van der Waals surface area contributed by atoms with Crippen LogP contribution in [0.2, 0.25) is 0 Å². The number of hydrogen-bond donors (Lipinski definition) is 1. The second kappa shape index (κ2) is 8.25. The lowest BCUT2D eigenvalue weighted by atomic mass is 9.94. The van der Waals surface area contributed by atoms with Gasteiger partial charge in [-0.05, 0) is 44.0 Å². The van der Waals surface area contributed by atoms with Crippen molar-refractivity contribution in [2.24, 2.45) is 0 Å². The SMILES string of the molecule is CCCCN(CCCC)CC1CCSc2[nH]c3ccccc3c21. The third-order valence-corrected chi connectivity index (χ3v) is 6.02. The number of rotatable bonds is 8. The second-order valence-electron chi connectivity index (χ2n) is 6.76. The Bertz CT molecular complexity index is 611. The maximum atomic E-state index is 3.65. The van der Waals surface area contributed by atoms with Crippen LogP contribution in [0.25, 0.3) is 10.9 Å². The number of nitrogens with zero attached hydrogens (tertiary/aromatic N) is 1. The molecule has 1 aliphatic heterocycles. The minimum absolute atomic E-state index is 0.691. The Balaban J connectivity index is 1.80. The lowest BCUT2D eigenvalue weighted by molar-refractivity contribution is 0.246. The van der Waals surface area contributed by atoms with Crippen LogP contribution in [0.15, 0.2) is 29.3 Å². The molecule has 1 aliphatic rings. The van der Waals surface area contributed by atoms with Gasteiger partial charge in [0, 0.05) is 29.1 Å². The van der Waals surface area contributed by atoms with Crippen LogP contribution in [0.1, 0.15) is 57.4 Å². The van der Waals surface area contributed by atoms with Gasteiger partial charge in [0.25, 0.3) is 0 Å². The minimum atomic E-state index is 0.691. The van der Waals surface area contributed by atoms with E-state index in [1.165, 1.54) is 73.4 Å². The van der Waals surface area contributed by atoms with Crippen LogP contribution in [-0.4, -0.2) is 35.3 Å². The zero-order valence-corrected chi connectivity index (χ0v) is 15.4. The van der Waals surface area contributed by atoms with E-state index in [2.05, 4.69) is 48.0 Å². The maximum Gasteiger partial charge on any atom is 0.0768 e. The molecule has 2 aromatic rings. The predicted molar refractivity (Wildman–Crippen MR) is 103 cm³/mol. The van der Waals surface area contributed by atoms with Crippen LogP contribution in [0.5, 0.6) is 0 Å². The van der Waals surface area contributed by atoms with E-state index < -0.39 is 0 Å². The highest BCUT2D eigenvalue weighted by Crippen LogP contribution is 2.42. The zero-order chi connectivity index (χ0) is 16.1. The molecule has 23 heavy (non-hydrogen) atoms. The summed E-state index contributed by atoms with van der Waals surface area (Å²) < 4.78 is 0. The minimum Gasteiger partial charge on any atom is -0.349 e. The number of nitrogens with one attached hydrogen (secondary N) is 1. The first-order valence-electron chi connectivity index (χ1n) is 9.29. The smallest absolute Gasteiger partial charge is 0.0768 e. The number of benzene rings is 1. The Kier molecular flexibility index (Phi) is 6.07. The van der Waals surface area contributed by atoms with Crippen LogP contribution in [0, 0.1) is 0 Å². The molecule has 1 aromatic carbocycles. The van der Waals surface area contributed by atoms with Gasteiger partial charge in [0.2, 0.25) is 0 Å². The van der Waals surface area contributed by atoms with Crippen molar-refractivity contribution in [3.63, 3.8) is 0 Å². The number of hydrogen-bond acceptors (Lipinski definition) is 2. The van der Waals surface area contributed by atoms with Crippen molar-refractivity contribution < 1.29 is 0 Å². The normalized spacial score (nSPS) is 17.8. The van der Waals surface area contributed by atoms with Gasteiger partial charge in [-0.2, -0.15) is 0 Å². The molecule has 1 aromatic heterocycles. The van der Waals surface area contributed by atoms with Gasteiger partial charge in [-0.1, -0.05) is 44.9 Å². The Hall–Kier alpha value is -0.930. The fourth-order valence-corrected chi connectivity index (χ4v) is 4.88. The van der Waals surface area contributed by atoms with E-state index in [9.17, 15) is 0 Å². The van der Waals surface area contributed by atoms with E-state index >= 15 is 0 Å². The monoisotopic (exact) mass is 330 g/mol. The molecule has 0 amide bonds. The van der Waals surface area contributed by atoms with E-state index in [1.54, 1.807) is 5.56 Å². The number of H-pyrrole nitrogens is 1. The second-order valence-corrected chi connectivity index (χ2v) is 7.86. The Labute approximate surface area is 145 Å². The van der Waals surface area contributed by atoms with Crippen molar-refractivity contribution in [1.29, 1.82) is 0 Å². The first kappa shape index (κ1) is 16.9. The molecule has 0 aliphatic carbocycles. The average Bonchev–Trinajstić information content (AvgIpc) is 2.96. The van der Waals surface area contributed by atoms with Gasteiger partial charge in [0.1, 0.15) is 0 Å². The Morgan fingerprint density at radius 2 is 1.87 bits per heavy atom. The lowest BCUT2D eigenvalue weighted by Crippen LogP contribution is -2.31. The van der Waals surface area contributed by atoms with Gasteiger partial charge in [-0.15, -0.1) is 11.8 Å². The van der Waals surface area contributed by atoms with Crippen LogP contribution < -0.4 is 0 Å². The highest BCUT2D eigenvalue weighted by Gasteiger charge is 2.26. The maximum absolute atomic E-state index is 3.65. The molecule has 3 rings (SSSR count). The van der Waals surface area contributed by atoms with E-state index in [0.717, 1.165) is 0 Å². The first-order valence-corrected chi connectivity index (χ1v) is 10.3. The molecule has 2 heterocycles. The summed E-state index contributed by atoms with van der Waals surface area (Å²) in [6.07, 6.45) is 6.55. The lowest BCUT2D eigenvalue weighted by Gasteiger charge is -2.30. The quantitative estimate of drug-likeness (QED) is 0.674. The molecule has 126 valence electrons. The predicted octanol–water partition coefficient (Wildman–Crippen LogP) is 5.65. The average molecular weight is 331 g/mol. The molecule has 3 heteroatoms. The molecule has 0 bridgehead atoms.